The van der Waals surface area contributed by atoms with Gasteiger partial charge in [0.15, 0.2) is 0 Å². The molecule has 1 aliphatic rings. The minimum Gasteiger partial charge on any atom is -0.397 e. The fraction of sp³-hybridized carbons (Fsp3) is 0.444. The highest BCUT2D eigenvalue weighted by Gasteiger charge is 2.13. The van der Waals surface area contributed by atoms with Crippen LogP contribution in [0.25, 0.3) is 0 Å². The molecule has 0 aromatic carbocycles. The molecule has 0 aliphatic carbocycles. The number of nitrogens with two attached hydrogens (primary N) is 1. The van der Waals surface area contributed by atoms with Gasteiger partial charge in [-0.1, -0.05) is 0 Å². The van der Waals surface area contributed by atoms with Crippen molar-refractivity contribution in [2.24, 2.45) is 0 Å². The summed E-state index contributed by atoms with van der Waals surface area (Å²) in [7, 11) is 0. The van der Waals surface area contributed by atoms with Crippen LogP contribution in [0.5, 0.6) is 0 Å². The van der Waals surface area contributed by atoms with E-state index in [1.54, 1.807) is 6.20 Å². The van der Waals surface area contributed by atoms with E-state index in [9.17, 15) is 0 Å². The molecular weight excluding hydrogens is 164 g/mol. The Kier molecular flexibility index (Phi) is 2.42. The normalized spacial score (nSPS) is 22.9. The van der Waals surface area contributed by atoms with E-state index in [2.05, 4.69) is 15.6 Å². The van der Waals surface area contributed by atoms with Crippen molar-refractivity contribution >= 4 is 5.69 Å². The van der Waals surface area contributed by atoms with Crippen molar-refractivity contribution in [3.63, 3.8) is 0 Å². The smallest absolute Gasteiger partial charge is 0.0503 e. The van der Waals surface area contributed by atoms with Crippen molar-refractivity contribution in [1.82, 2.24) is 15.6 Å². The van der Waals surface area contributed by atoms with Gasteiger partial charge in [0.1, 0.15) is 0 Å². The first kappa shape index (κ1) is 8.47. The summed E-state index contributed by atoms with van der Waals surface area (Å²) in [4.78, 5) is 4.07. The zero-order valence-electron chi connectivity index (χ0n) is 7.46. The molecule has 1 aliphatic heterocycles. The van der Waals surface area contributed by atoms with E-state index in [0.717, 1.165) is 30.9 Å². The molecule has 4 N–H and O–H groups in total. The molecular formula is C9H14N4. The van der Waals surface area contributed by atoms with Gasteiger partial charge in [0.05, 0.1) is 5.69 Å². The maximum atomic E-state index is 5.65. The van der Waals surface area contributed by atoms with E-state index >= 15 is 0 Å². The second-order valence-corrected chi connectivity index (χ2v) is 3.26. The van der Waals surface area contributed by atoms with Crippen LogP contribution in [0.4, 0.5) is 5.69 Å². The lowest BCUT2D eigenvalue weighted by Crippen LogP contribution is -2.42. The number of pyridine rings is 1. The number of rotatable bonds is 1. The molecule has 1 aromatic heterocycles. The van der Waals surface area contributed by atoms with E-state index in [-0.39, 0.29) is 0 Å². The van der Waals surface area contributed by atoms with Gasteiger partial charge in [-0.15, -0.1) is 0 Å². The molecule has 2 rings (SSSR count). The Bertz CT molecular complexity index is 281. The summed E-state index contributed by atoms with van der Waals surface area (Å²) in [6, 6.07) is 2.32. The van der Waals surface area contributed by atoms with Crippen LogP contribution < -0.4 is 16.4 Å². The molecule has 0 saturated carbocycles. The van der Waals surface area contributed by atoms with Gasteiger partial charge in [-0.25, -0.2) is 0 Å². The maximum absolute atomic E-state index is 5.65. The van der Waals surface area contributed by atoms with Crippen molar-refractivity contribution < 1.29 is 0 Å². The molecule has 1 saturated heterocycles. The van der Waals surface area contributed by atoms with E-state index in [0.29, 0.717) is 6.04 Å². The highest BCUT2D eigenvalue weighted by Crippen LogP contribution is 2.14. The summed E-state index contributed by atoms with van der Waals surface area (Å²) < 4.78 is 0. The van der Waals surface area contributed by atoms with Gasteiger partial charge in [0, 0.05) is 38.1 Å². The van der Waals surface area contributed by atoms with Crippen LogP contribution in [-0.2, 0) is 0 Å². The number of hydrogen-bond acceptors (Lipinski definition) is 4. The highest BCUT2D eigenvalue weighted by molar-refractivity contribution is 5.38. The second-order valence-electron chi connectivity index (χ2n) is 3.26. The SMILES string of the molecule is Nc1cncc(C2CNCCN2)c1. The van der Waals surface area contributed by atoms with Crippen LogP contribution in [-0.4, -0.2) is 24.6 Å². The minimum atomic E-state index is 0.352. The van der Waals surface area contributed by atoms with Crippen LogP contribution in [0.15, 0.2) is 18.5 Å². The summed E-state index contributed by atoms with van der Waals surface area (Å²) in [6.07, 6.45) is 3.53. The Balaban J connectivity index is 2.14. The standard InChI is InChI=1S/C9H14N4/c10-8-3-7(4-12-5-8)9-6-11-1-2-13-9/h3-5,9,11,13H,1-2,6,10H2. The average Bonchev–Trinajstić information content (AvgIpc) is 2.19. The van der Waals surface area contributed by atoms with Crippen molar-refractivity contribution in [1.29, 1.82) is 0 Å². The van der Waals surface area contributed by atoms with E-state index < -0.39 is 0 Å². The summed E-state index contributed by atoms with van der Waals surface area (Å²) in [5.41, 5.74) is 7.54. The average molecular weight is 178 g/mol. The molecule has 1 aromatic rings. The molecule has 0 bridgehead atoms. The van der Waals surface area contributed by atoms with E-state index in [1.165, 1.54) is 0 Å². The topological polar surface area (TPSA) is 63.0 Å². The number of anilines is 1. The summed E-state index contributed by atoms with van der Waals surface area (Å²) in [6.45, 7) is 2.98. The summed E-state index contributed by atoms with van der Waals surface area (Å²) >= 11 is 0. The fourth-order valence-corrected chi connectivity index (χ4v) is 1.56. The number of nitrogen functional groups attached to an aromatic ring is 1. The second kappa shape index (κ2) is 3.72. The molecule has 4 nitrogen and oxygen atoms in total. The largest absolute Gasteiger partial charge is 0.397 e. The monoisotopic (exact) mass is 178 g/mol. The van der Waals surface area contributed by atoms with Crippen molar-refractivity contribution in [2.45, 2.75) is 6.04 Å². The molecule has 0 radical (unpaired) electrons. The van der Waals surface area contributed by atoms with Crippen LogP contribution >= 0.6 is 0 Å². The van der Waals surface area contributed by atoms with Gasteiger partial charge in [-0.05, 0) is 11.6 Å². The van der Waals surface area contributed by atoms with Crippen LogP contribution in [0, 0.1) is 0 Å². The maximum Gasteiger partial charge on any atom is 0.0503 e. The van der Waals surface area contributed by atoms with Crippen molar-refractivity contribution in [3.8, 4) is 0 Å². The Morgan fingerprint density at radius 2 is 2.31 bits per heavy atom. The minimum absolute atomic E-state index is 0.352. The number of aromatic nitrogens is 1. The third-order valence-corrected chi connectivity index (χ3v) is 2.22. The van der Waals surface area contributed by atoms with Crippen molar-refractivity contribution in [2.75, 3.05) is 25.4 Å². The summed E-state index contributed by atoms with van der Waals surface area (Å²) in [5, 5.41) is 6.73. The first-order valence-electron chi connectivity index (χ1n) is 4.51. The molecule has 0 spiro atoms. The zero-order chi connectivity index (χ0) is 9.10. The molecule has 1 fully saturated rings. The fourth-order valence-electron chi connectivity index (χ4n) is 1.56. The van der Waals surface area contributed by atoms with Crippen LogP contribution in [0.1, 0.15) is 11.6 Å². The van der Waals surface area contributed by atoms with E-state index in [1.807, 2.05) is 12.3 Å². The lowest BCUT2D eigenvalue weighted by molar-refractivity contribution is 0.429. The van der Waals surface area contributed by atoms with Crippen molar-refractivity contribution in [3.05, 3.63) is 24.0 Å². The Labute approximate surface area is 77.5 Å². The van der Waals surface area contributed by atoms with Crippen LogP contribution in [0.3, 0.4) is 0 Å². The lowest BCUT2D eigenvalue weighted by Gasteiger charge is -2.24. The molecule has 1 unspecified atom stereocenters. The van der Waals surface area contributed by atoms with Gasteiger partial charge < -0.3 is 16.4 Å². The molecule has 0 amide bonds. The number of nitrogens with one attached hydrogen (secondary N) is 2. The highest BCUT2D eigenvalue weighted by atomic mass is 15.1. The van der Waals surface area contributed by atoms with Gasteiger partial charge in [-0.2, -0.15) is 0 Å². The predicted octanol–water partition coefficient (Wildman–Crippen LogP) is -0.102. The number of piperazine rings is 1. The summed E-state index contributed by atoms with van der Waals surface area (Å²) in [5.74, 6) is 0. The first-order chi connectivity index (χ1) is 6.36. The Hall–Kier alpha value is -1.13. The third-order valence-electron chi connectivity index (χ3n) is 2.22. The molecule has 70 valence electrons. The Morgan fingerprint density at radius 3 is 3.00 bits per heavy atom. The Morgan fingerprint density at radius 1 is 1.38 bits per heavy atom. The quantitative estimate of drug-likeness (QED) is 0.562. The lowest BCUT2D eigenvalue weighted by atomic mass is 10.1. The molecule has 2 heterocycles. The number of nitrogens with zero attached hydrogens (tertiary/aromatic N) is 1. The van der Waals surface area contributed by atoms with Gasteiger partial charge >= 0.3 is 0 Å². The zero-order valence-corrected chi connectivity index (χ0v) is 7.46. The molecule has 4 heteroatoms. The van der Waals surface area contributed by atoms with Gasteiger partial charge in [-0.3, -0.25) is 4.98 Å². The molecule has 1 atom stereocenters. The molecule has 13 heavy (non-hydrogen) atoms. The van der Waals surface area contributed by atoms with Crippen LogP contribution in [0.2, 0.25) is 0 Å². The van der Waals surface area contributed by atoms with E-state index in [4.69, 9.17) is 5.73 Å². The van der Waals surface area contributed by atoms with Gasteiger partial charge in [0.2, 0.25) is 0 Å². The predicted molar refractivity (Wildman–Crippen MR) is 52.3 cm³/mol. The number of hydrogen-bond donors (Lipinski definition) is 3. The third kappa shape index (κ3) is 1.96. The first-order valence-corrected chi connectivity index (χ1v) is 4.51. The van der Waals surface area contributed by atoms with Gasteiger partial charge in [0.25, 0.3) is 0 Å².